The van der Waals surface area contributed by atoms with Gasteiger partial charge in [-0.15, -0.1) is 0 Å². The highest BCUT2D eigenvalue weighted by atomic mass is 16.5. The van der Waals surface area contributed by atoms with Gasteiger partial charge < -0.3 is 24.6 Å². The fourth-order valence-electron chi connectivity index (χ4n) is 3.71. The second-order valence-corrected chi connectivity index (χ2v) is 7.56. The number of ether oxygens (including phenoxy) is 2. The molecule has 160 valence electrons. The number of benzene rings is 2. The number of carbonyl (C=O) groups excluding carboxylic acids is 2. The van der Waals surface area contributed by atoms with Crippen LogP contribution in [-0.2, 0) is 4.79 Å². The Morgan fingerprint density at radius 1 is 1.00 bits per heavy atom. The third-order valence-electron chi connectivity index (χ3n) is 5.67. The fourth-order valence-corrected chi connectivity index (χ4v) is 3.71. The molecule has 0 saturated carbocycles. The molecule has 1 fully saturated rings. The van der Waals surface area contributed by atoms with Gasteiger partial charge in [0.25, 0.3) is 5.91 Å². The third-order valence-corrected chi connectivity index (χ3v) is 5.67. The molecule has 1 aliphatic rings. The number of amides is 1. The molecule has 7 heteroatoms. The van der Waals surface area contributed by atoms with Crippen LogP contribution in [0.4, 0.5) is 11.4 Å². The number of Topliss-reactive ketones (excluding diaryl/α,β-unsaturated/α-hetero) is 1. The Labute approximate surface area is 177 Å². The maximum absolute atomic E-state index is 12.8. The number of hydrogen-bond donors (Lipinski definition) is 2. The van der Waals surface area contributed by atoms with Crippen LogP contribution in [0.2, 0.25) is 0 Å². The SMILES string of the molecule is COc1cc(NC(=O)C(C)[NH+]2CCN(c3ccc(C(C)=O)cc3)CC2)cc(OC)c1. The molecule has 0 aliphatic carbocycles. The van der Waals surface area contributed by atoms with Crippen LogP contribution < -0.4 is 24.6 Å². The van der Waals surface area contributed by atoms with Gasteiger partial charge in [-0.1, -0.05) is 0 Å². The molecule has 1 amide bonds. The van der Waals surface area contributed by atoms with Crippen LogP contribution in [0.1, 0.15) is 24.2 Å². The number of anilines is 2. The van der Waals surface area contributed by atoms with Gasteiger partial charge in [-0.2, -0.15) is 0 Å². The number of nitrogens with zero attached hydrogens (tertiary/aromatic N) is 1. The average molecular weight is 413 g/mol. The molecule has 3 rings (SSSR count). The first-order valence-electron chi connectivity index (χ1n) is 10.2. The molecule has 30 heavy (non-hydrogen) atoms. The Morgan fingerprint density at radius 2 is 1.57 bits per heavy atom. The Kier molecular flexibility index (Phi) is 6.95. The summed E-state index contributed by atoms with van der Waals surface area (Å²) in [5.74, 6) is 1.31. The number of carbonyl (C=O) groups is 2. The van der Waals surface area contributed by atoms with E-state index in [9.17, 15) is 9.59 Å². The van der Waals surface area contributed by atoms with Gasteiger partial charge in [0.2, 0.25) is 0 Å². The lowest BCUT2D eigenvalue weighted by Gasteiger charge is -2.36. The second-order valence-electron chi connectivity index (χ2n) is 7.56. The van der Waals surface area contributed by atoms with Crippen LogP contribution >= 0.6 is 0 Å². The monoisotopic (exact) mass is 412 g/mol. The van der Waals surface area contributed by atoms with E-state index in [1.54, 1.807) is 39.3 Å². The number of rotatable bonds is 7. The number of hydrogen-bond acceptors (Lipinski definition) is 5. The number of nitrogens with one attached hydrogen (secondary N) is 2. The van der Waals surface area contributed by atoms with E-state index >= 15 is 0 Å². The fraction of sp³-hybridized carbons (Fsp3) is 0.391. The molecular weight excluding hydrogens is 382 g/mol. The quantitative estimate of drug-likeness (QED) is 0.677. The Morgan fingerprint density at radius 3 is 2.07 bits per heavy atom. The van der Waals surface area contributed by atoms with E-state index in [1.807, 2.05) is 31.2 Å². The topological polar surface area (TPSA) is 72.3 Å². The lowest BCUT2D eigenvalue weighted by Crippen LogP contribution is -3.19. The van der Waals surface area contributed by atoms with Crippen LogP contribution in [0.15, 0.2) is 42.5 Å². The highest BCUT2D eigenvalue weighted by Gasteiger charge is 2.29. The average Bonchev–Trinajstić information content (AvgIpc) is 2.78. The van der Waals surface area contributed by atoms with Crippen LogP contribution in [0.25, 0.3) is 0 Å². The predicted molar refractivity (Wildman–Crippen MR) is 117 cm³/mol. The highest BCUT2D eigenvalue weighted by molar-refractivity contribution is 5.94. The number of ketones is 1. The summed E-state index contributed by atoms with van der Waals surface area (Å²) in [4.78, 5) is 27.8. The molecule has 2 N–H and O–H groups in total. The first-order chi connectivity index (χ1) is 14.4. The zero-order valence-electron chi connectivity index (χ0n) is 18.0. The molecule has 2 aromatic rings. The summed E-state index contributed by atoms with van der Waals surface area (Å²) >= 11 is 0. The molecule has 2 aromatic carbocycles. The molecule has 1 saturated heterocycles. The van der Waals surface area contributed by atoms with Crippen LogP contribution in [0, 0.1) is 0 Å². The summed E-state index contributed by atoms with van der Waals surface area (Å²) in [6.45, 7) is 6.98. The summed E-state index contributed by atoms with van der Waals surface area (Å²) in [6.07, 6.45) is 0. The van der Waals surface area contributed by atoms with E-state index in [2.05, 4.69) is 10.2 Å². The van der Waals surface area contributed by atoms with E-state index in [-0.39, 0.29) is 17.7 Å². The summed E-state index contributed by atoms with van der Waals surface area (Å²) < 4.78 is 10.5. The molecule has 7 nitrogen and oxygen atoms in total. The molecule has 1 unspecified atom stereocenters. The zero-order chi connectivity index (χ0) is 21.7. The molecule has 0 aromatic heterocycles. The third kappa shape index (κ3) is 5.10. The summed E-state index contributed by atoms with van der Waals surface area (Å²) in [5.41, 5.74) is 2.49. The van der Waals surface area contributed by atoms with Crippen molar-refractivity contribution < 1.29 is 24.0 Å². The van der Waals surface area contributed by atoms with Gasteiger partial charge in [0.15, 0.2) is 11.8 Å². The van der Waals surface area contributed by atoms with E-state index in [4.69, 9.17) is 9.47 Å². The number of quaternary nitrogens is 1. The lowest BCUT2D eigenvalue weighted by molar-refractivity contribution is -0.914. The number of piperazine rings is 1. The standard InChI is InChI=1S/C23H29N3O4/c1-16(23(28)24-19-13-21(29-3)15-22(14-19)30-4)25-9-11-26(12-10-25)20-7-5-18(6-8-20)17(2)27/h5-8,13-16H,9-12H2,1-4H3,(H,24,28)/p+1. The van der Waals surface area contributed by atoms with Crippen molar-refractivity contribution in [2.45, 2.75) is 19.9 Å². The van der Waals surface area contributed by atoms with E-state index in [1.165, 1.54) is 4.90 Å². The van der Waals surface area contributed by atoms with Gasteiger partial charge >= 0.3 is 0 Å². The molecule has 1 heterocycles. The van der Waals surface area contributed by atoms with Gasteiger partial charge in [0.05, 0.1) is 40.4 Å². The van der Waals surface area contributed by atoms with Crippen molar-refractivity contribution in [1.29, 1.82) is 0 Å². The van der Waals surface area contributed by atoms with Crippen molar-refractivity contribution in [2.75, 3.05) is 50.6 Å². The van der Waals surface area contributed by atoms with Crippen molar-refractivity contribution >= 4 is 23.1 Å². The number of methoxy groups -OCH3 is 2. The maximum atomic E-state index is 12.8. The Hall–Kier alpha value is -3.06. The maximum Gasteiger partial charge on any atom is 0.282 e. The second kappa shape index (κ2) is 9.63. The minimum atomic E-state index is -0.176. The van der Waals surface area contributed by atoms with Crippen LogP contribution in [-0.4, -0.2) is 58.1 Å². The predicted octanol–water partition coefficient (Wildman–Crippen LogP) is 1.64. The minimum absolute atomic E-state index is 0.0282. The molecular formula is C23H30N3O4+. The minimum Gasteiger partial charge on any atom is -0.497 e. The van der Waals surface area contributed by atoms with Gasteiger partial charge in [0, 0.05) is 35.1 Å². The van der Waals surface area contributed by atoms with Crippen molar-refractivity contribution in [1.82, 2.24) is 0 Å². The smallest absolute Gasteiger partial charge is 0.282 e. The molecule has 1 aliphatic heterocycles. The molecule has 0 spiro atoms. The molecule has 1 atom stereocenters. The summed E-state index contributed by atoms with van der Waals surface area (Å²) in [6, 6.07) is 12.9. The Balaban J connectivity index is 1.57. The van der Waals surface area contributed by atoms with E-state index in [0.717, 1.165) is 37.4 Å². The van der Waals surface area contributed by atoms with Gasteiger partial charge in [-0.3, -0.25) is 9.59 Å². The van der Waals surface area contributed by atoms with Crippen molar-refractivity contribution in [3.63, 3.8) is 0 Å². The van der Waals surface area contributed by atoms with Gasteiger partial charge in [-0.05, 0) is 38.1 Å². The first kappa shape index (κ1) is 21.6. The molecule has 0 bridgehead atoms. The lowest BCUT2D eigenvalue weighted by atomic mass is 10.1. The first-order valence-corrected chi connectivity index (χ1v) is 10.2. The normalized spacial score (nSPS) is 15.4. The van der Waals surface area contributed by atoms with Crippen molar-refractivity contribution in [3.05, 3.63) is 48.0 Å². The van der Waals surface area contributed by atoms with Gasteiger partial charge in [-0.25, -0.2) is 0 Å². The van der Waals surface area contributed by atoms with Crippen LogP contribution in [0.3, 0.4) is 0 Å². The summed E-state index contributed by atoms with van der Waals surface area (Å²) in [7, 11) is 3.17. The largest absolute Gasteiger partial charge is 0.497 e. The highest BCUT2D eigenvalue weighted by Crippen LogP contribution is 2.25. The van der Waals surface area contributed by atoms with E-state index in [0.29, 0.717) is 17.2 Å². The van der Waals surface area contributed by atoms with Crippen molar-refractivity contribution in [3.8, 4) is 11.5 Å². The van der Waals surface area contributed by atoms with Crippen LogP contribution in [0.5, 0.6) is 11.5 Å². The summed E-state index contributed by atoms with van der Waals surface area (Å²) in [5, 5.41) is 2.98. The Bertz CT molecular complexity index is 868. The zero-order valence-corrected chi connectivity index (χ0v) is 18.0. The van der Waals surface area contributed by atoms with Gasteiger partial charge in [0.1, 0.15) is 11.5 Å². The van der Waals surface area contributed by atoms with Crippen molar-refractivity contribution in [2.24, 2.45) is 0 Å². The van der Waals surface area contributed by atoms with E-state index < -0.39 is 0 Å². The molecule has 0 radical (unpaired) electrons.